The van der Waals surface area contributed by atoms with E-state index in [1.807, 2.05) is 19.1 Å². The monoisotopic (exact) mass is 238 g/mol. The third-order valence-electron chi connectivity index (χ3n) is 2.25. The van der Waals surface area contributed by atoms with Crippen LogP contribution in [0.5, 0.6) is 5.75 Å². The van der Waals surface area contributed by atoms with Crippen molar-refractivity contribution in [1.29, 1.82) is 5.26 Å². The van der Waals surface area contributed by atoms with Crippen LogP contribution in [0.1, 0.15) is 31.4 Å². The van der Waals surface area contributed by atoms with Crippen LogP contribution in [-0.2, 0) is 0 Å². The molecule has 2 N–H and O–H groups in total. The third kappa shape index (κ3) is 3.41. The van der Waals surface area contributed by atoms with Crippen molar-refractivity contribution in [2.24, 2.45) is 5.73 Å². The second-order valence-corrected chi connectivity index (χ2v) is 3.83. The number of rotatable bonds is 5. The lowest BCUT2D eigenvalue weighted by atomic mass is 10.0. The van der Waals surface area contributed by atoms with Gasteiger partial charge in [0, 0.05) is 12.5 Å². The van der Waals surface area contributed by atoms with E-state index in [0.717, 1.165) is 5.56 Å². The van der Waals surface area contributed by atoms with E-state index >= 15 is 0 Å². The first-order valence-corrected chi connectivity index (χ1v) is 5.61. The van der Waals surface area contributed by atoms with Gasteiger partial charge in [-0.3, -0.25) is 0 Å². The Labute approximate surface area is 101 Å². The molecule has 0 fully saturated rings. The molecule has 1 aromatic rings. The summed E-state index contributed by atoms with van der Waals surface area (Å²) >= 11 is 6.04. The molecule has 86 valence electrons. The highest BCUT2D eigenvalue weighted by Crippen LogP contribution is 2.28. The van der Waals surface area contributed by atoms with E-state index in [4.69, 9.17) is 27.3 Å². The van der Waals surface area contributed by atoms with Crippen LogP contribution in [0.15, 0.2) is 18.2 Å². The maximum atomic E-state index is 8.48. The predicted octanol–water partition coefficient (Wildman–Crippen LogP) is 3.04. The molecule has 4 heteroatoms. The van der Waals surface area contributed by atoms with Crippen LogP contribution in [-0.4, -0.2) is 6.61 Å². The number of benzene rings is 1. The molecule has 1 aromatic carbocycles. The fourth-order valence-corrected chi connectivity index (χ4v) is 1.65. The second-order valence-electron chi connectivity index (χ2n) is 3.43. The van der Waals surface area contributed by atoms with Crippen molar-refractivity contribution in [2.45, 2.75) is 25.8 Å². The van der Waals surface area contributed by atoms with Gasteiger partial charge >= 0.3 is 0 Å². The van der Waals surface area contributed by atoms with Gasteiger partial charge < -0.3 is 10.5 Å². The first-order chi connectivity index (χ1) is 7.69. The lowest BCUT2D eigenvalue weighted by Gasteiger charge is -2.12. The maximum absolute atomic E-state index is 8.48. The second kappa shape index (κ2) is 6.37. The Balaban J connectivity index is 2.76. The molecule has 0 aliphatic rings. The number of nitrogens with two attached hydrogens (primary N) is 1. The van der Waals surface area contributed by atoms with Crippen molar-refractivity contribution in [3.05, 3.63) is 28.8 Å². The highest BCUT2D eigenvalue weighted by atomic mass is 35.5. The first kappa shape index (κ1) is 12.8. The zero-order valence-corrected chi connectivity index (χ0v) is 10.00. The van der Waals surface area contributed by atoms with E-state index in [1.165, 1.54) is 0 Å². The van der Waals surface area contributed by atoms with Crippen molar-refractivity contribution < 1.29 is 4.74 Å². The standard InChI is InChI=1S/C12H15ClN2O/c1-2-16-12-6-5-9(8-10(12)13)11(15)4-3-7-14/h5-6,8,11H,2-4,15H2,1H3. The summed E-state index contributed by atoms with van der Waals surface area (Å²) in [6, 6.07) is 7.43. The molecule has 16 heavy (non-hydrogen) atoms. The summed E-state index contributed by atoms with van der Waals surface area (Å²) in [7, 11) is 0. The van der Waals surface area contributed by atoms with E-state index in [1.54, 1.807) is 6.07 Å². The van der Waals surface area contributed by atoms with Crippen molar-refractivity contribution in [2.75, 3.05) is 6.61 Å². The molecule has 3 nitrogen and oxygen atoms in total. The molecule has 0 bridgehead atoms. The van der Waals surface area contributed by atoms with Crippen LogP contribution in [0.2, 0.25) is 5.02 Å². The molecule has 0 heterocycles. The topological polar surface area (TPSA) is 59.0 Å². The largest absolute Gasteiger partial charge is 0.492 e. The number of ether oxygens (including phenoxy) is 1. The number of nitrogens with zero attached hydrogens (tertiary/aromatic N) is 1. The summed E-state index contributed by atoms with van der Waals surface area (Å²) in [6.07, 6.45) is 1.09. The average molecular weight is 239 g/mol. The molecular formula is C12H15ClN2O. The maximum Gasteiger partial charge on any atom is 0.137 e. The molecule has 1 atom stereocenters. The predicted molar refractivity (Wildman–Crippen MR) is 64.4 cm³/mol. The van der Waals surface area contributed by atoms with E-state index in [0.29, 0.717) is 30.2 Å². The zero-order chi connectivity index (χ0) is 12.0. The fraction of sp³-hybridized carbons (Fsp3) is 0.417. The number of nitriles is 1. The molecular weight excluding hydrogens is 224 g/mol. The Bertz CT molecular complexity index is 387. The summed E-state index contributed by atoms with van der Waals surface area (Å²) in [5.41, 5.74) is 6.86. The molecule has 0 aliphatic heterocycles. The quantitative estimate of drug-likeness (QED) is 0.858. The van der Waals surface area contributed by atoms with Gasteiger partial charge in [0.15, 0.2) is 0 Å². The minimum absolute atomic E-state index is 0.146. The summed E-state index contributed by atoms with van der Waals surface area (Å²) < 4.78 is 5.33. The van der Waals surface area contributed by atoms with Gasteiger partial charge in [0.2, 0.25) is 0 Å². The summed E-state index contributed by atoms with van der Waals surface area (Å²) in [4.78, 5) is 0. The highest BCUT2D eigenvalue weighted by Gasteiger charge is 2.08. The van der Waals surface area contributed by atoms with Crippen molar-refractivity contribution in [1.82, 2.24) is 0 Å². The summed E-state index contributed by atoms with van der Waals surface area (Å²) in [5, 5.41) is 9.04. The lowest BCUT2D eigenvalue weighted by molar-refractivity contribution is 0.340. The van der Waals surface area contributed by atoms with Crippen LogP contribution in [0.3, 0.4) is 0 Å². The smallest absolute Gasteiger partial charge is 0.137 e. The third-order valence-corrected chi connectivity index (χ3v) is 2.55. The van der Waals surface area contributed by atoms with Gasteiger partial charge in [0.25, 0.3) is 0 Å². The van der Waals surface area contributed by atoms with Gasteiger partial charge in [-0.1, -0.05) is 17.7 Å². The minimum atomic E-state index is -0.146. The van der Waals surface area contributed by atoms with E-state index in [2.05, 4.69) is 6.07 Å². The normalized spacial score (nSPS) is 11.9. The van der Waals surface area contributed by atoms with Crippen LogP contribution in [0, 0.1) is 11.3 Å². The van der Waals surface area contributed by atoms with Gasteiger partial charge in [-0.25, -0.2) is 0 Å². The van der Waals surface area contributed by atoms with Crippen molar-refractivity contribution in [3.8, 4) is 11.8 Å². The average Bonchev–Trinajstić information content (AvgIpc) is 2.29. The van der Waals surface area contributed by atoms with Gasteiger partial charge in [-0.2, -0.15) is 5.26 Å². The molecule has 0 spiro atoms. The van der Waals surface area contributed by atoms with E-state index in [9.17, 15) is 0 Å². The van der Waals surface area contributed by atoms with E-state index in [-0.39, 0.29) is 6.04 Å². The Morgan fingerprint density at radius 1 is 1.56 bits per heavy atom. The Morgan fingerprint density at radius 3 is 2.88 bits per heavy atom. The fourth-order valence-electron chi connectivity index (χ4n) is 1.41. The Hall–Kier alpha value is -1.24. The molecule has 1 unspecified atom stereocenters. The first-order valence-electron chi connectivity index (χ1n) is 5.23. The highest BCUT2D eigenvalue weighted by molar-refractivity contribution is 6.32. The van der Waals surface area contributed by atoms with Crippen molar-refractivity contribution in [3.63, 3.8) is 0 Å². The molecule has 0 amide bonds. The molecule has 0 aliphatic carbocycles. The van der Waals surface area contributed by atoms with E-state index < -0.39 is 0 Å². The summed E-state index contributed by atoms with van der Waals surface area (Å²) in [5.74, 6) is 0.667. The Morgan fingerprint density at radius 2 is 2.31 bits per heavy atom. The van der Waals surface area contributed by atoms with Gasteiger partial charge in [-0.05, 0) is 31.0 Å². The number of hydrogen-bond donors (Lipinski definition) is 1. The van der Waals surface area contributed by atoms with Gasteiger partial charge in [0.05, 0.1) is 17.7 Å². The Kier molecular flexibility index (Phi) is 5.10. The zero-order valence-electron chi connectivity index (χ0n) is 9.24. The van der Waals surface area contributed by atoms with Crippen LogP contribution in [0.25, 0.3) is 0 Å². The van der Waals surface area contributed by atoms with Crippen LogP contribution in [0.4, 0.5) is 0 Å². The van der Waals surface area contributed by atoms with Crippen LogP contribution < -0.4 is 10.5 Å². The summed E-state index contributed by atoms with van der Waals surface area (Å²) in [6.45, 7) is 2.49. The van der Waals surface area contributed by atoms with Gasteiger partial charge in [0.1, 0.15) is 5.75 Å². The molecule has 0 saturated carbocycles. The SMILES string of the molecule is CCOc1ccc(C(N)CCC#N)cc1Cl. The number of hydrogen-bond acceptors (Lipinski definition) is 3. The van der Waals surface area contributed by atoms with Crippen molar-refractivity contribution >= 4 is 11.6 Å². The molecule has 0 saturated heterocycles. The van der Waals surface area contributed by atoms with Gasteiger partial charge in [-0.15, -0.1) is 0 Å². The number of halogens is 1. The molecule has 0 aromatic heterocycles. The molecule has 1 rings (SSSR count). The minimum Gasteiger partial charge on any atom is -0.492 e. The van der Waals surface area contributed by atoms with Crippen LogP contribution >= 0.6 is 11.6 Å². The lowest BCUT2D eigenvalue weighted by Crippen LogP contribution is -2.09. The molecule has 0 radical (unpaired) electrons.